The third kappa shape index (κ3) is 3.75. The normalized spacial score (nSPS) is 18.4. The summed E-state index contributed by atoms with van der Waals surface area (Å²) in [6.45, 7) is 0.991. The van der Waals surface area contributed by atoms with Crippen LogP contribution in [0, 0.1) is 0 Å². The minimum absolute atomic E-state index is 0.113. The fraction of sp³-hybridized carbons (Fsp3) is 0.471. The molecule has 5 nitrogen and oxygen atoms in total. The van der Waals surface area contributed by atoms with Gasteiger partial charge in [-0.05, 0) is 24.8 Å². The molecule has 6 heteroatoms. The van der Waals surface area contributed by atoms with Crippen LogP contribution in [0.4, 0.5) is 4.79 Å². The third-order valence-corrected chi connectivity index (χ3v) is 5.15. The molecule has 1 aromatic carbocycles. The lowest BCUT2D eigenvalue weighted by atomic mass is 10.0. The Kier molecular flexibility index (Phi) is 5.00. The van der Waals surface area contributed by atoms with Gasteiger partial charge in [0, 0.05) is 19.5 Å². The summed E-state index contributed by atoms with van der Waals surface area (Å²) in [6.07, 6.45) is 3.39. The fourth-order valence-electron chi connectivity index (χ4n) is 2.95. The highest BCUT2D eigenvalue weighted by Gasteiger charge is 2.43. The molecule has 0 bridgehead atoms. The molecule has 0 N–H and O–H groups in total. The van der Waals surface area contributed by atoms with Gasteiger partial charge in [-0.15, -0.1) is 0 Å². The van der Waals surface area contributed by atoms with Crippen molar-refractivity contribution < 1.29 is 14.4 Å². The second-order valence-corrected chi connectivity index (χ2v) is 6.89. The number of likely N-dealkylation sites (tertiary alicyclic amines) is 1. The third-order valence-electron chi connectivity index (χ3n) is 4.31. The van der Waals surface area contributed by atoms with E-state index < -0.39 is 0 Å². The SMILES string of the molecule is O=C(CCCCc1ccccc1)N1CC(N2C(=O)CSC2=O)C1. The van der Waals surface area contributed by atoms with Crippen molar-refractivity contribution in [2.45, 2.75) is 31.7 Å². The summed E-state index contributed by atoms with van der Waals surface area (Å²) in [5, 5.41) is -0.171. The number of nitrogens with zero attached hydrogens (tertiary/aromatic N) is 2. The van der Waals surface area contributed by atoms with E-state index in [1.807, 2.05) is 18.2 Å². The minimum Gasteiger partial charge on any atom is -0.338 e. The second-order valence-electron chi connectivity index (χ2n) is 5.96. The quantitative estimate of drug-likeness (QED) is 0.750. The van der Waals surface area contributed by atoms with Gasteiger partial charge in [0.25, 0.3) is 5.24 Å². The topological polar surface area (TPSA) is 57.7 Å². The zero-order valence-electron chi connectivity index (χ0n) is 12.9. The molecule has 2 heterocycles. The largest absolute Gasteiger partial charge is 0.338 e. The molecule has 0 atom stereocenters. The Balaban J connectivity index is 1.35. The standard InChI is InChI=1S/C17H20N2O3S/c20-15(9-5-4-8-13-6-2-1-3-7-13)18-10-14(11-18)19-16(21)12-23-17(19)22/h1-3,6-7,14H,4-5,8-12H2. The van der Waals surface area contributed by atoms with Gasteiger partial charge < -0.3 is 4.90 Å². The first-order valence-corrected chi connectivity index (χ1v) is 8.94. The molecule has 1 aromatic rings. The summed E-state index contributed by atoms with van der Waals surface area (Å²) in [5.74, 6) is 0.240. The Morgan fingerprint density at radius 2 is 1.87 bits per heavy atom. The average molecular weight is 332 g/mol. The molecule has 0 unspecified atom stereocenters. The first-order valence-electron chi connectivity index (χ1n) is 7.95. The van der Waals surface area contributed by atoms with Gasteiger partial charge in [0.05, 0.1) is 11.8 Å². The van der Waals surface area contributed by atoms with Crippen molar-refractivity contribution in [3.05, 3.63) is 35.9 Å². The monoisotopic (exact) mass is 332 g/mol. The van der Waals surface area contributed by atoms with Crippen LogP contribution in [-0.2, 0) is 16.0 Å². The van der Waals surface area contributed by atoms with Crippen molar-refractivity contribution in [1.82, 2.24) is 9.80 Å². The number of hydrogen-bond acceptors (Lipinski definition) is 4. The molecule has 23 heavy (non-hydrogen) atoms. The van der Waals surface area contributed by atoms with Crippen molar-refractivity contribution in [3.63, 3.8) is 0 Å². The van der Waals surface area contributed by atoms with Crippen LogP contribution < -0.4 is 0 Å². The van der Waals surface area contributed by atoms with Crippen LogP contribution in [0.15, 0.2) is 30.3 Å². The maximum atomic E-state index is 12.1. The maximum absolute atomic E-state index is 12.1. The van der Waals surface area contributed by atoms with Crippen LogP contribution >= 0.6 is 11.8 Å². The first kappa shape index (κ1) is 16.1. The van der Waals surface area contributed by atoms with Crippen molar-refractivity contribution in [3.8, 4) is 0 Å². The number of carbonyl (C=O) groups is 3. The van der Waals surface area contributed by atoms with Gasteiger partial charge in [-0.25, -0.2) is 0 Å². The molecule has 2 saturated heterocycles. The van der Waals surface area contributed by atoms with Gasteiger partial charge in [-0.3, -0.25) is 19.3 Å². The van der Waals surface area contributed by atoms with Crippen molar-refractivity contribution in [2.75, 3.05) is 18.8 Å². The van der Waals surface area contributed by atoms with E-state index in [1.165, 1.54) is 10.5 Å². The molecule has 122 valence electrons. The van der Waals surface area contributed by atoms with Crippen molar-refractivity contribution in [2.24, 2.45) is 0 Å². The predicted octanol–water partition coefficient (Wildman–Crippen LogP) is 2.31. The Morgan fingerprint density at radius 1 is 1.13 bits per heavy atom. The first-order chi connectivity index (χ1) is 11.1. The van der Waals surface area contributed by atoms with E-state index >= 15 is 0 Å². The number of rotatable bonds is 6. The van der Waals surface area contributed by atoms with E-state index in [4.69, 9.17) is 0 Å². The molecule has 0 aliphatic carbocycles. The lowest BCUT2D eigenvalue weighted by Crippen LogP contribution is -2.62. The highest BCUT2D eigenvalue weighted by Crippen LogP contribution is 2.26. The summed E-state index contributed by atoms with van der Waals surface area (Å²) in [4.78, 5) is 38.4. The molecule has 2 aliphatic heterocycles. The highest BCUT2D eigenvalue weighted by atomic mass is 32.2. The minimum atomic E-state index is -0.171. The van der Waals surface area contributed by atoms with Gasteiger partial charge in [0.1, 0.15) is 0 Å². The van der Waals surface area contributed by atoms with Crippen LogP contribution in [0.2, 0.25) is 0 Å². The molecule has 0 radical (unpaired) electrons. The smallest absolute Gasteiger partial charge is 0.289 e. The number of benzene rings is 1. The summed E-state index contributed by atoms with van der Waals surface area (Å²) in [5.41, 5.74) is 1.30. The molecule has 3 amide bonds. The number of thioether (sulfide) groups is 1. The molecular formula is C17H20N2O3S. The van der Waals surface area contributed by atoms with Gasteiger partial charge in [0.15, 0.2) is 0 Å². The number of carbonyl (C=O) groups excluding carboxylic acids is 3. The number of amides is 3. The Labute approximate surface area is 140 Å². The van der Waals surface area contributed by atoms with E-state index in [2.05, 4.69) is 12.1 Å². The van der Waals surface area contributed by atoms with Crippen LogP contribution in [0.3, 0.4) is 0 Å². The Morgan fingerprint density at radius 3 is 2.52 bits per heavy atom. The fourth-order valence-corrected chi connectivity index (χ4v) is 3.72. The van der Waals surface area contributed by atoms with E-state index in [9.17, 15) is 14.4 Å². The summed E-state index contributed by atoms with van der Waals surface area (Å²) in [7, 11) is 0. The molecule has 2 fully saturated rings. The molecule has 0 saturated carbocycles. The summed E-state index contributed by atoms with van der Waals surface area (Å²) < 4.78 is 0. The Hall–Kier alpha value is -1.82. The predicted molar refractivity (Wildman–Crippen MR) is 89.1 cm³/mol. The van der Waals surface area contributed by atoms with Crippen LogP contribution in [-0.4, -0.2) is 51.7 Å². The van der Waals surface area contributed by atoms with E-state index in [0.29, 0.717) is 19.5 Å². The Bertz CT molecular complexity index is 583. The lowest BCUT2D eigenvalue weighted by molar-refractivity contribution is -0.142. The second kappa shape index (κ2) is 7.17. The summed E-state index contributed by atoms with van der Waals surface area (Å²) in [6, 6.07) is 10.1. The zero-order valence-corrected chi connectivity index (χ0v) is 13.8. The van der Waals surface area contributed by atoms with Gasteiger partial charge in [0.2, 0.25) is 11.8 Å². The van der Waals surface area contributed by atoms with Crippen molar-refractivity contribution >= 4 is 28.8 Å². The molecular weight excluding hydrogens is 312 g/mol. The van der Waals surface area contributed by atoms with E-state index in [-0.39, 0.29) is 28.8 Å². The molecule has 0 aromatic heterocycles. The van der Waals surface area contributed by atoms with Crippen LogP contribution in [0.1, 0.15) is 24.8 Å². The zero-order chi connectivity index (χ0) is 16.2. The van der Waals surface area contributed by atoms with Crippen LogP contribution in [0.25, 0.3) is 0 Å². The number of hydrogen-bond donors (Lipinski definition) is 0. The molecule has 0 spiro atoms. The molecule has 2 aliphatic rings. The van der Waals surface area contributed by atoms with Crippen LogP contribution in [0.5, 0.6) is 0 Å². The van der Waals surface area contributed by atoms with Gasteiger partial charge >= 0.3 is 0 Å². The van der Waals surface area contributed by atoms with Gasteiger partial charge in [-0.2, -0.15) is 0 Å². The lowest BCUT2D eigenvalue weighted by Gasteiger charge is -2.42. The van der Waals surface area contributed by atoms with Crippen molar-refractivity contribution in [1.29, 1.82) is 0 Å². The number of aryl methyl sites for hydroxylation is 1. The summed E-state index contributed by atoms with van der Waals surface area (Å²) >= 11 is 1.05. The number of unbranched alkanes of at least 4 members (excludes halogenated alkanes) is 1. The van der Waals surface area contributed by atoms with Gasteiger partial charge in [-0.1, -0.05) is 42.1 Å². The average Bonchev–Trinajstić information content (AvgIpc) is 2.83. The maximum Gasteiger partial charge on any atom is 0.289 e. The van der Waals surface area contributed by atoms with E-state index in [1.54, 1.807) is 4.90 Å². The van der Waals surface area contributed by atoms with E-state index in [0.717, 1.165) is 31.0 Å². The number of imide groups is 1. The molecule has 3 rings (SSSR count). The highest BCUT2D eigenvalue weighted by molar-refractivity contribution is 8.14.